The van der Waals surface area contributed by atoms with E-state index in [9.17, 15) is 4.79 Å². The van der Waals surface area contributed by atoms with Crippen molar-refractivity contribution in [3.8, 4) is 0 Å². The number of hydrogen-bond acceptors (Lipinski definition) is 3. The highest BCUT2D eigenvalue weighted by Crippen LogP contribution is 2.30. The van der Waals surface area contributed by atoms with Gasteiger partial charge in [0.25, 0.3) is 0 Å². The summed E-state index contributed by atoms with van der Waals surface area (Å²) in [5, 5.41) is 0.999. The molecule has 0 saturated carbocycles. The zero-order chi connectivity index (χ0) is 8.97. The zero-order valence-corrected chi connectivity index (χ0v) is 9.19. The van der Waals surface area contributed by atoms with Gasteiger partial charge in [0.2, 0.25) is 0 Å². The fourth-order valence-corrected chi connectivity index (χ4v) is 2.48. The lowest BCUT2D eigenvalue weighted by molar-refractivity contribution is 0.112. The summed E-state index contributed by atoms with van der Waals surface area (Å²) in [7, 11) is 0. The van der Waals surface area contributed by atoms with Gasteiger partial charge in [-0.25, -0.2) is 4.98 Å². The van der Waals surface area contributed by atoms with Gasteiger partial charge in [-0.1, -0.05) is 29.3 Å². The van der Waals surface area contributed by atoms with Crippen molar-refractivity contribution < 1.29 is 4.79 Å². The van der Waals surface area contributed by atoms with Crippen molar-refractivity contribution in [3.63, 3.8) is 0 Å². The molecule has 1 unspecified atom stereocenters. The van der Waals surface area contributed by atoms with Gasteiger partial charge in [0.1, 0.15) is 5.01 Å². The Morgan fingerprint density at radius 1 is 1.83 bits per heavy atom. The number of halogens is 1. The molecule has 0 aliphatic heterocycles. The number of nitrogens with zero attached hydrogens (tertiary/aromatic N) is 1. The highest BCUT2D eigenvalue weighted by molar-refractivity contribution is 9.09. The quantitative estimate of drug-likeness (QED) is 0.605. The Labute approximate surface area is 84.1 Å². The molecule has 0 amide bonds. The van der Waals surface area contributed by atoms with Gasteiger partial charge in [-0.15, -0.1) is 11.3 Å². The van der Waals surface area contributed by atoms with Gasteiger partial charge in [-0.2, -0.15) is 0 Å². The van der Waals surface area contributed by atoms with Crippen molar-refractivity contribution in [2.45, 2.75) is 24.6 Å². The Morgan fingerprint density at radius 3 is 3.08 bits per heavy atom. The van der Waals surface area contributed by atoms with Gasteiger partial charge < -0.3 is 0 Å². The molecular formula is C8H10BrNOS. The van der Waals surface area contributed by atoms with E-state index in [1.54, 1.807) is 6.20 Å². The molecule has 0 saturated heterocycles. The van der Waals surface area contributed by atoms with E-state index in [0.717, 1.165) is 24.1 Å². The molecule has 0 bridgehead atoms. The maximum absolute atomic E-state index is 10.4. The largest absolute Gasteiger partial charge is 0.297 e. The van der Waals surface area contributed by atoms with Crippen molar-refractivity contribution in [1.82, 2.24) is 4.98 Å². The van der Waals surface area contributed by atoms with Gasteiger partial charge in [-0.05, 0) is 6.42 Å². The summed E-state index contributed by atoms with van der Waals surface area (Å²) < 4.78 is 0. The van der Waals surface area contributed by atoms with Crippen LogP contribution in [0.5, 0.6) is 0 Å². The molecule has 0 aromatic carbocycles. The first kappa shape index (κ1) is 9.86. The molecule has 1 atom stereocenters. The maximum atomic E-state index is 10.4. The molecule has 4 heteroatoms. The fraction of sp³-hybridized carbons (Fsp3) is 0.500. The Kier molecular flexibility index (Phi) is 3.88. The van der Waals surface area contributed by atoms with E-state index in [2.05, 4.69) is 27.8 Å². The summed E-state index contributed by atoms with van der Waals surface area (Å²) in [6.07, 6.45) is 4.64. The molecule has 66 valence electrons. The SMILES string of the molecule is CCCC(Br)c1ncc(C=O)s1. The maximum Gasteiger partial charge on any atom is 0.161 e. The van der Waals surface area contributed by atoms with E-state index in [1.807, 2.05) is 0 Å². The molecule has 0 aliphatic carbocycles. The zero-order valence-electron chi connectivity index (χ0n) is 6.79. The highest BCUT2D eigenvalue weighted by Gasteiger charge is 2.10. The highest BCUT2D eigenvalue weighted by atomic mass is 79.9. The average molecular weight is 248 g/mol. The normalized spacial score (nSPS) is 12.8. The Balaban J connectivity index is 2.67. The second-order valence-corrected chi connectivity index (χ2v) is 4.67. The van der Waals surface area contributed by atoms with E-state index in [-0.39, 0.29) is 0 Å². The number of alkyl halides is 1. The summed E-state index contributed by atoms with van der Waals surface area (Å²) in [4.78, 5) is 15.5. The molecule has 1 heterocycles. The molecule has 2 nitrogen and oxygen atoms in total. The van der Waals surface area contributed by atoms with Crippen LogP contribution in [0.3, 0.4) is 0 Å². The minimum absolute atomic E-state index is 0.307. The number of rotatable bonds is 4. The molecule has 0 N–H and O–H groups in total. The van der Waals surface area contributed by atoms with Gasteiger partial charge in [0.15, 0.2) is 6.29 Å². The van der Waals surface area contributed by atoms with Crippen LogP contribution in [0.2, 0.25) is 0 Å². The molecule has 0 spiro atoms. The van der Waals surface area contributed by atoms with Crippen LogP contribution in [-0.4, -0.2) is 11.3 Å². The number of carbonyl (C=O) groups is 1. The Morgan fingerprint density at radius 2 is 2.58 bits per heavy atom. The Bertz CT molecular complexity index is 261. The summed E-state index contributed by atoms with van der Waals surface area (Å²) in [5.74, 6) is 0. The van der Waals surface area contributed by atoms with Crippen molar-refractivity contribution in [2.24, 2.45) is 0 Å². The second-order valence-electron chi connectivity index (χ2n) is 2.47. The number of carbonyl (C=O) groups excluding carboxylic acids is 1. The smallest absolute Gasteiger partial charge is 0.161 e. The van der Waals surface area contributed by atoms with Gasteiger partial charge in [-0.3, -0.25) is 4.79 Å². The topological polar surface area (TPSA) is 30.0 Å². The first-order valence-electron chi connectivity index (χ1n) is 3.83. The summed E-state index contributed by atoms with van der Waals surface area (Å²) in [6.45, 7) is 2.13. The van der Waals surface area contributed by atoms with E-state index < -0.39 is 0 Å². The standard InChI is InChI=1S/C8H10BrNOS/c1-2-3-7(9)8-10-4-6(5-11)12-8/h4-5,7H,2-3H2,1H3. The first-order valence-corrected chi connectivity index (χ1v) is 5.56. The molecule has 12 heavy (non-hydrogen) atoms. The first-order chi connectivity index (χ1) is 5.77. The van der Waals surface area contributed by atoms with E-state index >= 15 is 0 Å². The molecule has 0 aliphatic rings. The predicted octanol–water partition coefficient (Wildman–Crippen LogP) is 3.19. The second kappa shape index (κ2) is 4.72. The number of thiazole rings is 1. The minimum Gasteiger partial charge on any atom is -0.297 e. The van der Waals surface area contributed by atoms with Crippen molar-refractivity contribution in [1.29, 1.82) is 0 Å². The van der Waals surface area contributed by atoms with Gasteiger partial charge in [0, 0.05) is 6.20 Å². The molecule has 1 aromatic heterocycles. The van der Waals surface area contributed by atoms with Crippen molar-refractivity contribution in [2.75, 3.05) is 0 Å². The van der Waals surface area contributed by atoms with E-state index in [4.69, 9.17) is 0 Å². The fourth-order valence-electron chi connectivity index (χ4n) is 0.877. The minimum atomic E-state index is 0.307. The summed E-state index contributed by atoms with van der Waals surface area (Å²) in [6, 6.07) is 0. The van der Waals surface area contributed by atoms with Crippen LogP contribution < -0.4 is 0 Å². The lowest BCUT2D eigenvalue weighted by Crippen LogP contribution is -1.86. The van der Waals surface area contributed by atoms with Gasteiger partial charge in [0.05, 0.1) is 9.70 Å². The molecule has 0 radical (unpaired) electrons. The van der Waals surface area contributed by atoms with E-state index in [0.29, 0.717) is 9.70 Å². The third-order valence-corrected chi connectivity index (χ3v) is 3.70. The Hall–Kier alpha value is -0.220. The molecular weight excluding hydrogens is 238 g/mol. The summed E-state index contributed by atoms with van der Waals surface area (Å²) in [5.41, 5.74) is 0. The third kappa shape index (κ3) is 2.38. The van der Waals surface area contributed by atoms with Crippen LogP contribution in [0.4, 0.5) is 0 Å². The van der Waals surface area contributed by atoms with Crippen LogP contribution in [0.1, 0.15) is 39.3 Å². The third-order valence-electron chi connectivity index (χ3n) is 1.47. The predicted molar refractivity (Wildman–Crippen MR) is 54.1 cm³/mol. The number of aromatic nitrogens is 1. The number of hydrogen-bond donors (Lipinski definition) is 0. The van der Waals surface area contributed by atoms with Gasteiger partial charge >= 0.3 is 0 Å². The average Bonchev–Trinajstić information content (AvgIpc) is 2.52. The lowest BCUT2D eigenvalue weighted by atomic mass is 10.3. The van der Waals surface area contributed by atoms with Crippen molar-refractivity contribution in [3.05, 3.63) is 16.1 Å². The lowest BCUT2D eigenvalue weighted by Gasteiger charge is -2.01. The molecule has 1 rings (SSSR count). The van der Waals surface area contributed by atoms with Crippen molar-refractivity contribution >= 4 is 33.6 Å². The van der Waals surface area contributed by atoms with Crippen LogP contribution in [0.15, 0.2) is 6.20 Å². The monoisotopic (exact) mass is 247 g/mol. The number of aldehydes is 1. The van der Waals surface area contributed by atoms with Crippen LogP contribution in [0, 0.1) is 0 Å². The summed E-state index contributed by atoms with van der Waals surface area (Å²) >= 11 is 4.98. The van der Waals surface area contributed by atoms with Crippen LogP contribution >= 0.6 is 27.3 Å². The molecule has 1 aromatic rings. The van der Waals surface area contributed by atoms with Crippen LogP contribution in [0.25, 0.3) is 0 Å². The molecule has 0 fully saturated rings. The van der Waals surface area contributed by atoms with Crippen LogP contribution in [-0.2, 0) is 0 Å². The van der Waals surface area contributed by atoms with E-state index in [1.165, 1.54) is 11.3 Å².